The fourth-order valence-electron chi connectivity index (χ4n) is 4.89. The van der Waals surface area contributed by atoms with Crippen LogP contribution in [0.4, 0.5) is 17.5 Å². The van der Waals surface area contributed by atoms with Crippen molar-refractivity contribution < 1.29 is 0 Å². The fraction of sp³-hybridized carbons (Fsp3) is 0.296. The highest BCUT2D eigenvalue weighted by Gasteiger charge is 2.16. The van der Waals surface area contributed by atoms with Crippen LogP contribution in [0.15, 0.2) is 55.5 Å². The van der Waals surface area contributed by atoms with Crippen molar-refractivity contribution in [3.05, 3.63) is 66.6 Å². The molecule has 1 fully saturated rings. The molecule has 0 atom stereocenters. The minimum absolute atomic E-state index is 0.546. The zero-order chi connectivity index (χ0) is 23.8. The van der Waals surface area contributed by atoms with Gasteiger partial charge in [0.2, 0.25) is 5.95 Å². The number of rotatable bonds is 4. The van der Waals surface area contributed by atoms with Crippen LogP contribution < -0.4 is 15.5 Å². The number of aromatic nitrogens is 4. The summed E-state index contributed by atoms with van der Waals surface area (Å²) in [4.78, 5) is 21.9. The molecule has 0 unspecified atom stereocenters. The van der Waals surface area contributed by atoms with E-state index in [-0.39, 0.29) is 0 Å². The lowest BCUT2D eigenvalue weighted by molar-refractivity contribution is 0.312. The molecule has 5 heterocycles. The largest absolute Gasteiger partial charge is 0.385 e. The number of anilines is 3. The van der Waals surface area contributed by atoms with Gasteiger partial charge in [0.15, 0.2) is 0 Å². The Morgan fingerprint density at radius 1 is 1.00 bits per heavy atom. The van der Waals surface area contributed by atoms with Gasteiger partial charge in [-0.15, -0.1) is 0 Å². The summed E-state index contributed by atoms with van der Waals surface area (Å²) in [6, 6.07) is 10.7. The number of aryl methyl sites for hydroxylation is 1. The van der Waals surface area contributed by atoms with Gasteiger partial charge in [-0.05, 0) is 43.1 Å². The van der Waals surface area contributed by atoms with Crippen LogP contribution in [0.3, 0.4) is 0 Å². The molecule has 0 spiro atoms. The van der Waals surface area contributed by atoms with Crippen LogP contribution in [-0.4, -0.2) is 64.6 Å². The Morgan fingerprint density at radius 2 is 1.89 bits per heavy atom. The number of nitrogens with zero attached hydrogens (tertiary/aromatic N) is 5. The lowest BCUT2D eigenvalue weighted by Crippen LogP contribution is -2.44. The molecule has 8 nitrogen and oxygen atoms in total. The number of nitrogens with one attached hydrogen (secondary N) is 3. The van der Waals surface area contributed by atoms with E-state index >= 15 is 0 Å². The number of aromatic amines is 1. The van der Waals surface area contributed by atoms with Crippen molar-refractivity contribution >= 4 is 34.2 Å². The monoisotopic (exact) mass is 466 g/mol. The molecule has 1 saturated heterocycles. The first-order chi connectivity index (χ1) is 17.1. The van der Waals surface area contributed by atoms with Crippen LogP contribution in [0.1, 0.15) is 17.5 Å². The summed E-state index contributed by atoms with van der Waals surface area (Å²) in [5.74, 6) is 1.55. The second-order valence-corrected chi connectivity index (χ2v) is 9.36. The van der Waals surface area contributed by atoms with E-state index in [4.69, 9.17) is 4.98 Å². The Hall–Kier alpha value is -3.91. The first kappa shape index (κ1) is 21.6. The number of benzene rings is 1. The zero-order valence-electron chi connectivity index (χ0n) is 20.0. The average molecular weight is 467 g/mol. The predicted octanol–water partition coefficient (Wildman–Crippen LogP) is 4.02. The lowest BCUT2D eigenvalue weighted by atomic mass is 9.96. The number of piperazine rings is 1. The van der Waals surface area contributed by atoms with E-state index in [1.807, 2.05) is 24.7 Å². The average Bonchev–Trinajstić information content (AvgIpc) is 3.21. The first-order valence-electron chi connectivity index (χ1n) is 12.2. The van der Waals surface area contributed by atoms with Gasteiger partial charge in [-0.1, -0.05) is 24.8 Å². The van der Waals surface area contributed by atoms with E-state index in [2.05, 4.69) is 73.3 Å². The van der Waals surface area contributed by atoms with Gasteiger partial charge in [0, 0.05) is 67.3 Å². The van der Waals surface area contributed by atoms with Crippen molar-refractivity contribution in [2.24, 2.45) is 0 Å². The Bertz CT molecular complexity index is 1370. The quantitative estimate of drug-likeness (QED) is 0.419. The van der Waals surface area contributed by atoms with Gasteiger partial charge in [0.05, 0.1) is 11.9 Å². The van der Waals surface area contributed by atoms with Gasteiger partial charge >= 0.3 is 0 Å². The second-order valence-electron chi connectivity index (χ2n) is 9.36. The van der Waals surface area contributed by atoms with E-state index in [9.17, 15) is 0 Å². The van der Waals surface area contributed by atoms with Crippen LogP contribution in [0.25, 0.3) is 27.9 Å². The number of likely N-dealkylation sites (N-methyl/N-ethyl adjacent to an activating group) is 1. The van der Waals surface area contributed by atoms with E-state index in [1.54, 1.807) is 0 Å². The van der Waals surface area contributed by atoms with Gasteiger partial charge in [-0.2, -0.15) is 4.98 Å². The molecule has 0 bridgehead atoms. The molecular weight excluding hydrogens is 436 g/mol. The SMILES string of the molecule is C=C1NCCCc2cc(-c3c[nH]c4nc(Nc5ccc(N6CCN(C)CC6)nc5)ncc34)ccc21. The third kappa shape index (κ3) is 4.33. The molecule has 3 N–H and O–H groups in total. The number of hydrogen-bond acceptors (Lipinski definition) is 7. The van der Waals surface area contributed by atoms with E-state index < -0.39 is 0 Å². The van der Waals surface area contributed by atoms with Crippen molar-refractivity contribution in [3.8, 4) is 11.1 Å². The van der Waals surface area contributed by atoms with Crippen molar-refractivity contribution in [1.82, 2.24) is 30.2 Å². The van der Waals surface area contributed by atoms with Crippen molar-refractivity contribution in [3.63, 3.8) is 0 Å². The van der Waals surface area contributed by atoms with Crippen molar-refractivity contribution in [2.75, 3.05) is 50.0 Å². The van der Waals surface area contributed by atoms with Gasteiger partial charge < -0.3 is 25.4 Å². The molecule has 0 aliphatic carbocycles. The van der Waals surface area contributed by atoms with Crippen molar-refractivity contribution in [1.29, 1.82) is 0 Å². The molecule has 1 aromatic carbocycles. The highest BCUT2D eigenvalue weighted by atomic mass is 15.3. The Kier molecular flexibility index (Phi) is 5.58. The van der Waals surface area contributed by atoms with E-state index in [0.29, 0.717) is 5.95 Å². The van der Waals surface area contributed by atoms with Gasteiger partial charge in [-0.25, -0.2) is 9.97 Å². The van der Waals surface area contributed by atoms with Crippen LogP contribution in [0.5, 0.6) is 0 Å². The van der Waals surface area contributed by atoms with Crippen molar-refractivity contribution in [2.45, 2.75) is 12.8 Å². The molecule has 178 valence electrons. The highest BCUT2D eigenvalue weighted by Crippen LogP contribution is 2.32. The van der Waals surface area contributed by atoms with Crippen LogP contribution in [0.2, 0.25) is 0 Å². The highest BCUT2D eigenvalue weighted by molar-refractivity contribution is 5.94. The van der Waals surface area contributed by atoms with Gasteiger partial charge in [0.1, 0.15) is 11.5 Å². The molecule has 2 aliphatic heterocycles. The van der Waals surface area contributed by atoms with Crippen LogP contribution >= 0.6 is 0 Å². The molecule has 35 heavy (non-hydrogen) atoms. The standard InChI is InChI=1S/C27H30N8/c1-18-22-7-5-20(14-19(22)4-3-9-28-18)23-16-30-26-24(23)17-31-27(33-26)32-21-6-8-25(29-15-21)35-12-10-34(2)11-13-35/h5-8,14-17,28H,1,3-4,9-13H2,2H3,(H2,30,31,32,33). The number of pyridine rings is 1. The molecule has 0 saturated carbocycles. The molecule has 0 amide bonds. The molecule has 6 rings (SSSR count). The third-order valence-corrected chi connectivity index (χ3v) is 6.97. The number of H-pyrrole nitrogens is 1. The molecule has 8 heteroatoms. The Morgan fingerprint density at radius 3 is 2.71 bits per heavy atom. The molecule has 2 aliphatic rings. The maximum Gasteiger partial charge on any atom is 0.229 e. The maximum atomic E-state index is 4.71. The lowest BCUT2D eigenvalue weighted by Gasteiger charge is -2.33. The van der Waals surface area contributed by atoms with E-state index in [0.717, 1.165) is 84.9 Å². The Labute approximate surface area is 205 Å². The first-order valence-corrected chi connectivity index (χ1v) is 12.2. The number of fused-ring (bicyclic) bond motifs is 2. The number of hydrogen-bond donors (Lipinski definition) is 3. The van der Waals surface area contributed by atoms with E-state index in [1.165, 1.54) is 11.1 Å². The zero-order valence-corrected chi connectivity index (χ0v) is 20.0. The van der Waals surface area contributed by atoms with Crippen LogP contribution in [-0.2, 0) is 6.42 Å². The minimum atomic E-state index is 0.546. The summed E-state index contributed by atoms with van der Waals surface area (Å²) < 4.78 is 0. The second kappa shape index (κ2) is 9.03. The maximum absolute atomic E-state index is 4.71. The summed E-state index contributed by atoms with van der Waals surface area (Å²) >= 11 is 0. The summed E-state index contributed by atoms with van der Waals surface area (Å²) in [5.41, 5.74) is 7.50. The molecule has 4 aromatic rings. The summed E-state index contributed by atoms with van der Waals surface area (Å²) in [6.45, 7) is 9.27. The fourth-order valence-corrected chi connectivity index (χ4v) is 4.89. The topological polar surface area (TPSA) is 85.0 Å². The smallest absolute Gasteiger partial charge is 0.229 e. The summed E-state index contributed by atoms with van der Waals surface area (Å²) in [7, 11) is 2.16. The molecule has 0 radical (unpaired) electrons. The predicted molar refractivity (Wildman–Crippen MR) is 142 cm³/mol. The summed E-state index contributed by atoms with van der Waals surface area (Å²) in [6.07, 6.45) is 7.89. The van der Waals surface area contributed by atoms with Gasteiger partial charge in [0.25, 0.3) is 0 Å². The molecular formula is C27H30N8. The molecule has 3 aromatic heterocycles. The summed E-state index contributed by atoms with van der Waals surface area (Å²) in [5, 5.41) is 7.69. The third-order valence-electron chi connectivity index (χ3n) is 6.97. The normalized spacial score (nSPS) is 16.6. The Balaban J connectivity index is 1.21. The minimum Gasteiger partial charge on any atom is -0.385 e. The van der Waals surface area contributed by atoms with Crippen LogP contribution in [0, 0.1) is 0 Å². The van der Waals surface area contributed by atoms with Gasteiger partial charge in [-0.3, -0.25) is 0 Å².